The minimum Gasteiger partial charge on any atom is -0.492 e. The van der Waals surface area contributed by atoms with Crippen LogP contribution in [0, 0.1) is 0 Å². The summed E-state index contributed by atoms with van der Waals surface area (Å²) in [4.78, 5) is 2.24. The number of nitrogens with two attached hydrogens (primary N) is 1. The fourth-order valence-corrected chi connectivity index (χ4v) is 1.67. The molecule has 0 saturated carbocycles. The van der Waals surface area contributed by atoms with Crippen molar-refractivity contribution < 1.29 is 9.84 Å². The molecule has 4 nitrogen and oxygen atoms in total. The molecule has 0 amide bonds. The molecule has 1 rings (SSSR count). The zero-order chi connectivity index (χ0) is 13.2. The molecule has 0 radical (unpaired) electrons. The van der Waals surface area contributed by atoms with Gasteiger partial charge in [0.15, 0.2) is 0 Å². The molecule has 0 unspecified atom stereocenters. The standard InChI is InChI=1S/C14H24N2O2/c1-16(9-3-2-4-11-17)10-12-18-14-7-5-13(15)6-8-14/h5-8,17H,2-4,9-12,15H2,1H3. The molecule has 0 aliphatic carbocycles. The van der Waals surface area contributed by atoms with Crippen molar-refractivity contribution >= 4 is 5.69 Å². The monoisotopic (exact) mass is 252 g/mol. The van der Waals surface area contributed by atoms with Crippen LogP contribution in [0.5, 0.6) is 5.75 Å². The number of aliphatic hydroxyl groups excluding tert-OH is 1. The van der Waals surface area contributed by atoms with Crippen molar-refractivity contribution in [3.05, 3.63) is 24.3 Å². The van der Waals surface area contributed by atoms with Crippen LogP contribution >= 0.6 is 0 Å². The lowest BCUT2D eigenvalue weighted by Crippen LogP contribution is -2.25. The number of unbranched alkanes of at least 4 members (excludes halogenated alkanes) is 2. The second-order valence-electron chi connectivity index (χ2n) is 4.51. The molecule has 3 N–H and O–H groups in total. The molecule has 0 atom stereocenters. The molecule has 1 aromatic carbocycles. The normalized spacial score (nSPS) is 10.8. The Balaban J connectivity index is 2.07. The van der Waals surface area contributed by atoms with E-state index in [-0.39, 0.29) is 0 Å². The van der Waals surface area contributed by atoms with E-state index < -0.39 is 0 Å². The van der Waals surface area contributed by atoms with E-state index in [2.05, 4.69) is 11.9 Å². The minimum atomic E-state index is 0.296. The van der Waals surface area contributed by atoms with Crippen LogP contribution < -0.4 is 10.5 Å². The average Bonchev–Trinajstić information content (AvgIpc) is 2.37. The van der Waals surface area contributed by atoms with E-state index in [1.165, 1.54) is 0 Å². The molecule has 0 bridgehead atoms. The van der Waals surface area contributed by atoms with Crippen molar-refractivity contribution in [3.8, 4) is 5.75 Å². The summed E-state index contributed by atoms with van der Waals surface area (Å²) < 4.78 is 5.62. The van der Waals surface area contributed by atoms with Gasteiger partial charge in [0, 0.05) is 18.8 Å². The molecular weight excluding hydrogens is 228 g/mol. The van der Waals surface area contributed by atoms with Crippen LogP contribution in [0.1, 0.15) is 19.3 Å². The third kappa shape index (κ3) is 6.47. The molecule has 0 heterocycles. The van der Waals surface area contributed by atoms with Crippen LogP contribution in [0.25, 0.3) is 0 Å². The van der Waals surface area contributed by atoms with Crippen molar-refractivity contribution in [2.24, 2.45) is 0 Å². The van der Waals surface area contributed by atoms with Crippen LogP contribution in [0.3, 0.4) is 0 Å². The molecule has 18 heavy (non-hydrogen) atoms. The van der Waals surface area contributed by atoms with Gasteiger partial charge in [0.2, 0.25) is 0 Å². The summed E-state index contributed by atoms with van der Waals surface area (Å²) in [5.41, 5.74) is 6.35. The maximum Gasteiger partial charge on any atom is 0.119 e. The van der Waals surface area contributed by atoms with Gasteiger partial charge in [0.25, 0.3) is 0 Å². The maximum absolute atomic E-state index is 8.68. The van der Waals surface area contributed by atoms with E-state index in [0.29, 0.717) is 13.2 Å². The minimum absolute atomic E-state index is 0.296. The second kappa shape index (κ2) is 8.78. The molecule has 1 aromatic rings. The van der Waals surface area contributed by atoms with Gasteiger partial charge in [0.1, 0.15) is 12.4 Å². The van der Waals surface area contributed by atoms with Crippen LogP contribution in [0.2, 0.25) is 0 Å². The Morgan fingerprint density at radius 2 is 1.83 bits per heavy atom. The third-order valence-electron chi connectivity index (χ3n) is 2.82. The summed E-state index contributed by atoms with van der Waals surface area (Å²) in [5, 5.41) is 8.68. The predicted octanol–water partition coefficient (Wildman–Crippen LogP) is 1.74. The molecular formula is C14H24N2O2. The Labute approximate surface area is 109 Å². The number of benzene rings is 1. The number of likely N-dealkylation sites (N-methyl/N-ethyl adjacent to an activating group) is 1. The van der Waals surface area contributed by atoms with Gasteiger partial charge >= 0.3 is 0 Å². The number of ether oxygens (including phenoxy) is 1. The fraction of sp³-hybridized carbons (Fsp3) is 0.571. The fourth-order valence-electron chi connectivity index (χ4n) is 1.67. The lowest BCUT2D eigenvalue weighted by atomic mass is 10.2. The van der Waals surface area contributed by atoms with Crippen molar-refractivity contribution in [2.45, 2.75) is 19.3 Å². The van der Waals surface area contributed by atoms with Gasteiger partial charge in [-0.15, -0.1) is 0 Å². The number of rotatable bonds is 9. The summed E-state index contributed by atoms with van der Waals surface area (Å²) in [7, 11) is 2.09. The highest BCUT2D eigenvalue weighted by molar-refractivity contribution is 5.41. The largest absolute Gasteiger partial charge is 0.492 e. The number of nitrogen functional groups attached to an aromatic ring is 1. The van der Waals surface area contributed by atoms with Gasteiger partial charge in [-0.2, -0.15) is 0 Å². The van der Waals surface area contributed by atoms with Crippen LogP contribution in [-0.4, -0.2) is 43.4 Å². The second-order valence-corrected chi connectivity index (χ2v) is 4.51. The molecule has 0 saturated heterocycles. The molecule has 0 aliphatic rings. The molecule has 4 heteroatoms. The first-order valence-electron chi connectivity index (χ1n) is 6.50. The van der Waals surface area contributed by atoms with Gasteiger partial charge in [-0.05, 0) is 57.1 Å². The Bertz CT molecular complexity index is 314. The highest BCUT2D eigenvalue weighted by Crippen LogP contribution is 2.12. The van der Waals surface area contributed by atoms with Gasteiger partial charge in [-0.1, -0.05) is 0 Å². The van der Waals surface area contributed by atoms with E-state index in [0.717, 1.165) is 43.8 Å². The Hall–Kier alpha value is -1.26. The van der Waals surface area contributed by atoms with Crippen molar-refractivity contribution in [3.63, 3.8) is 0 Å². The zero-order valence-corrected chi connectivity index (χ0v) is 11.1. The van der Waals surface area contributed by atoms with E-state index in [4.69, 9.17) is 15.6 Å². The van der Waals surface area contributed by atoms with Crippen LogP contribution in [-0.2, 0) is 0 Å². The summed E-state index contributed by atoms with van der Waals surface area (Å²) in [6.07, 6.45) is 3.11. The number of hydrogen-bond acceptors (Lipinski definition) is 4. The molecule has 0 aromatic heterocycles. The lowest BCUT2D eigenvalue weighted by Gasteiger charge is -2.16. The first-order valence-corrected chi connectivity index (χ1v) is 6.50. The molecule has 0 spiro atoms. The van der Waals surface area contributed by atoms with E-state index in [1.807, 2.05) is 24.3 Å². The zero-order valence-electron chi connectivity index (χ0n) is 11.1. The third-order valence-corrected chi connectivity index (χ3v) is 2.82. The maximum atomic E-state index is 8.68. The summed E-state index contributed by atoms with van der Waals surface area (Å²) in [5.74, 6) is 0.859. The number of hydrogen-bond donors (Lipinski definition) is 2. The van der Waals surface area contributed by atoms with Gasteiger partial charge in [0.05, 0.1) is 0 Å². The highest BCUT2D eigenvalue weighted by atomic mass is 16.5. The molecule has 102 valence electrons. The van der Waals surface area contributed by atoms with Gasteiger partial charge in [-0.25, -0.2) is 0 Å². The quantitative estimate of drug-likeness (QED) is 0.519. The van der Waals surface area contributed by atoms with E-state index in [1.54, 1.807) is 0 Å². The Kier molecular flexibility index (Phi) is 7.22. The van der Waals surface area contributed by atoms with E-state index in [9.17, 15) is 0 Å². The number of anilines is 1. The van der Waals surface area contributed by atoms with E-state index >= 15 is 0 Å². The number of aliphatic hydroxyl groups is 1. The van der Waals surface area contributed by atoms with Crippen LogP contribution in [0.4, 0.5) is 5.69 Å². The average molecular weight is 252 g/mol. The summed E-state index contributed by atoms with van der Waals surface area (Å²) in [6, 6.07) is 7.45. The summed E-state index contributed by atoms with van der Waals surface area (Å²) in [6.45, 7) is 2.93. The smallest absolute Gasteiger partial charge is 0.119 e. The first-order chi connectivity index (χ1) is 8.72. The summed E-state index contributed by atoms with van der Waals surface area (Å²) >= 11 is 0. The lowest BCUT2D eigenvalue weighted by molar-refractivity contribution is 0.230. The SMILES string of the molecule is CN(CCCCCO)CCOc1ccc(N)cc1. The number of nitrogens with zero attached hydrogens (tertiary/aromatic N) is 1. The Morgan fingerprint density at radius 3 is 2.50 bits per heavy atom. The van der Waals surface area contributed by atoms with Gasteiger partial charge < -0.3 is 20.5 Å². The molecule has 0 fully saturated rings. The van der Waals surface area contributed by atoms with Crippen LogP contribution in [0.15, 0.2) is 24.3 Å². The van der Waals surface area contributed by atoms with Crippen molar-refractivity contribution in [1.29, 1.82) is 0 Å². The topological polar surface area (TPSA) is 58.7 Å². The highest BCUT2D eigenvalue weighted by Gasteiger charge is 1.99. The van der Waals surface area contributed by atoms with Crippen molar-refractivity contribution in [1.82, 2.24) is 4.90 Å². The Morgan fingerprint density at radius 1 is 1.11 bits per heavy atom. The molecule has 0 aliphatic heterocycles. The predicted molar refractivity (Wildman–Crippen MR) is 74.8 cm³/mol. The van der Waals surface area contributed by atoms with Crippen molar-refractivity contribution in [2.75, 3.05) is 39.1 Å². The first kappa shape index (κ1) is 14.8. The van der Waals surface area contributed by atoms with Gasteiger partial charge in [-0.3, -0.25) is 0 Å².